The SMILES string of the molecule is O=C1C2CC[C@@]3(Br)C(=O)[C@@]4(Br)CC[C@]1(Br)C4C23. The lowest BCUT2D eigenvalue weighted by atomic mass is 9.89. The quantitative estimate of drug-likeness (QED) is 0.558. The van der Waals surface area contributed by atoms with Crippen LogP contribution >= 0.6 is 47.8 Å². The third kappa shape index (κ3) is 0.960. The van der Waals surface area contributed by atoms with Gasteiger partial charge >= 0.3 is 0 Å². The van der Waals surface area contributed by atoms with Gasteiger partial charge in [0.25, 0.3) is 0 Å². The summed E-state index contributed by atoms with van der Waals surface area (Å²) in [6, 6.07) is 0. The Bertz CT molecular complexity index is 478. The molecule has 5 heteroatoms. The first-order chi connectivity index (χ1) is 7.86. The van der Waals surface area contributed by atoms with Crippen molar-refractivity contribution in [2.45, 2.75) is 38.7 Å². The molecule has 4 saturated carbocycles. The molecule has 2 nitrogen and oxygen atoms in total. The molecule has 4 fully saturated rings. The summed E-state index contributed by atoms with van der Waals surface area (Å²) in [5.74, 6) is 1.06. The molecule has 3 unspecified atom stereocenters. The predicted molar refractivity (Wildman–Crippen MR) is 73.9 cm³/mol. The van der Waals surface area contributed by atoms with E-state index >= 15 is 0 Å². The van der Waals surface area contributed by atoms with Crippen molar-refractivity contribution >= 4 is 59.4 Å². The molecule has 0 saturated heterocycles. The molecule has 0 bridgehead atoms. The molecule has 0 spiro atoms. The number of carbonyl (C=O) groups excluding carboxylic acids is 2. The molecule has 0 amide bonds. The maximum atomic E-state index is 12.7. The average molecular weight is 427 g/mol. The Morgan fingerprint density at radius 2 is 1.59 bits per heavy atom. The van der Waals surface area contributed by atoms with E-state index in [2.05, 4.69) is 47.8 Å². The Morgan fingerprint density at radius 3 is 2.29 bits per heavy atom. The molecule has 4 aliphatic rings. The van der Waals surface area contributed by atoms with Crippen LogP contribution in [-0.2, 0) is 9.59 Å². The fourth-order valence-electron chi connectivity index (χ4n) is 4.88. The molecule has 0 aliphatic heterocycles. The molecule has 17 heavy (non-hydrogen) atoms. The number of hydrogen-bond acceptors (Lipinski definition) is 2. The number of carbonyl (C=O) groups is 2. The summed E-state index contributed by atoms with van der Waals surface area (Å²) in [6.07, 6.45) is 3.26. The van der Waals surface area contributed by atoms with E-state index in [1.165, 1.54) is 0 Å². The molecule has 0 radical (unpaired) electrons. The second kappa shape index (κ2) is 2.93. The highest BCUT2D eigenvalue weighted by Crippen LogP contribution is 2.75. The molecule has 0 heterocycles. The maximum absolute atomic E-state index is 12.7. The van der Waals surface area contributed by atoms with E-state index in [1.54, 1.807) is 0 Å². The molecular weight excluding hydrogens is 416 g/mol. The van der Waals surface area contributed by atoms with Crippen LogP contribution in [-0.4, -0.2) is 24.5 Å². The zero-order valence-electron chi connectivity index (χ0n) is 9.01. The van der Waals surface area contributed by atoms with Crippen molar-refractivity contribution in [1.29, 1.82) is 0 Å². The van der Waals surface area contributed by atoms with Gasteiger partial charge in [0.2, 0.25) is 0 Å². The highest BCUT2D eigenvalue weighted by Gasteiger charge is 2.82. The summed E-state index contributed by atoms with van der Waals surface area (Å²) >= 11 is 11.1. The van der Waals surface area contributed by atoms with E-state index in [9.17, 15) is 9.59 Å². The van der Waals surface area contributed by atoms with Crippen molar-refractivity contribution in [3.63, 3.8) is 0 Å². The monoisotopic (exact) mass is 424 g/mol. The van der Waals surface area contributed by atoms with Crippen molar-refractivity contribution in [2.75, 3.05) is 0 Å². The molecule has 0 aromatic carbocycles. The van der Waals surface area contributed by atoms with Gasteiger partial charge in [0.1, 0.15) is 0 Å². The lowest BCUT2D eigenvalue weighted by molar-refractivity contribution is -0.123. The number of rotatable bonds is 0. The van der Waals surface area contributed by atoms with Gasteiger partial charge in [-0.25, -0.2) is 0 Å². The van der Waals surface area contributed by atoms with E-state index in [1.807, 2.05) is 0 Å². The Labute approximate surface area is 125 Å². The van der Waals surface area contributed by atoms with Gasteiger partial charge in [0.05, 0.1) is 13.0 Å². The number of ketones is 2. The molecule has 4 rings (SSSR count). The highest BCUT2D eigenvalue weighted by molar-refractivity contribution is 9.11. The van der Waals surface area contributed by atoms with E-state index in [-0.39, 0.29) is 23.5 Å². The van der Waals surface area contributed by atoms with Gasteiger partial charge < -0.3 is 0 Å². The van der Waals surface area contributed by atoms with Gasteiger partial charge in [-0.15, -0.1) is 0 Å². The number of halogens is 3. The van der Waals surface area contributed by atoms with Crippen LogP contribution in [0.3, 0.4) is 0 Å². The van der Waals surface area contributed by atoms with Crippen molar-refractivity contribution in [2.24, 2.45) is 17.8 Å². The largest absolute Gasteiger partial charge is 0.298 e. The van der Waals surface area contributed by atoms with Crippen LogP contribution in [0.4, 0.5) is 0 Å². The Hall–Kier alpha value is 0.780. The van der Waals surface area contributed by atoms with E-state index in [0.29, 0.717) is 5.78 Å². The van der Waals surface area contributed by atoms with E-state index < -0.39 is 13.0 Å². The summed E-state index contributed by atoms with van der Waals surface area (Å²) in [6.45, 7) is 0. The van der Waals surface area contributed by atoms with Crippen LogP contribution in [0.2, 0.25) is 0 Å². The van der Waals surface area contributed by atoms with Crippen molar-refractivity contribution in [3.8, 4) is 0 Å². The van der Waals surface area contributed by atoms with Gasteiger partial charge in [-0.05, 0) is 31.6 Å². The smallest absolute Gasteiger partial charge is 0.166 e. The molecular formula is C12H11Br3O2. The lowest BCUT2D eigenvalue weighted by Gasteiger charge is -2.25. The topological polar surface area (TPSA) is 34.1 Å². The van der Waals surface area contributed by atoms with Crippen LogP contribution in [0.1, 0.15) is 25.7 Å². The van der Waals surface area contributed by atoms with Crippen LogP contribution in [0.15, 0.2) is 0 Å². The van der Waals surface area contributed by atoms with Gasteiger partial charge in [0.15, 0.2) is 11.6 Å². The minimum atomic E-state index is -0.463. The third-order valence-corrected chi connectivity index (χ3v) is 9.30. The van der Waals surface area contributed by atoms with Crippen molar-refractivity contribution in [1.82, 2.24) is 0 Å². The summed E-state index contributed by atoms with van der Waals surface area (Å²) in [5.41, 5.74) is 0. The minimum Gasteiger partial charge on any atom is -0.298 e. The molecule has 6 atom stereocenters. The fourth-order valence-corrected chi connectivity index (χ4v) is 9.01. The summed E-state index contributed by atoms with van der Waals surface area (Å²) in [4.78, 5) is 25.2. The Kier molecular flexibility index (Phi) is 2.00. The van der Waals surface area contributed by atoms with Gasteiger partial charge in [-0.1, -0.05) is 47.8 Å². The van der Waals surface area contributed by atoms with Crippen molar-refractivity contribution in [3.05, 3.63) is 0 Å². The zero-order valence-corrected chi connectivity index (χ0v) is 13.8. The zero-order chi connectivity index (χ0) is 12.2. The number of alkyl halides is 3. The Balaban J connectivity index is 2.00. The Morgan fingerprint density at radius 1 is 0.941 bits per heavy atom. The predicted octanol–water partition coefficient (Wildman–Crippen LogP) is 2.99. The number of Topliss-reactive ketones (excluding diaryl/α,β-unsaturated/α-hetero) is 2. The average Bonchev–Trinajstić information content (AvgIpc) is 2.87. The summed E-state index contributed by atoms with van der Waals surface area (Å²) in [5, 5.41) is 0. The maximum Gasteiger partial charge on any atom is 0.166 e. The van der Waals surface area contributed by atoms with Gasteiger partial charge in [-0.3, -0.25) is 9.59 Å². The second-order valence-electron chi connectivity index (χ2n) is 5.93. The molecule has 4 aliphatic carbocycles. The van der Waals surface area contributed by atoms with Crippen LogP contribution in [0.25, 0.3) is 0 Å². The second-order valence-corrected chi connectivity index (χ2v) is 10.2. The minimum absolute atomic E-state index is 0.0856. The highest BCUT2D eigenvalue weighted by atomic mass is 79.9. The van der Waals surface area contributed by atoms with Crippen LogP contribution in [0.5, 0.6) is 0 Å². The lowest BCUT2D eigenvalue weighted by Crippen LogP contribution is -2.39. The summed E-state index contributed by atoms with van der Waals surface area (Å²) in [7, 11) is 0. The molecule has 0 N–H and O–H groups in total. The van der Waals surface area contributed by atoms with E-state index in [0.717, 1.165) is 25.7 Å². The van der Waals surface area contributed by atoms with Gasteiger partial charge in [0, 0.05) is 11.8 Å². The normalized spacial score (nSPS) is 63.6. The fraction of sp³-hybridized carbons (Fsp3) is 0.833. The van der Waals surface area contributed by atoms with Gasteiger partial charge in [-0.2, -0.15) is 0 Å². The van der Waals surface area contributed by atoms with Crippen molar-refractivity contribution < 1.29 is 9.59 Å². The standard InChI is InChI=1S/C12H11Br3O2/c13-10-2-1-5-6(10)7-11(14,8(5)16)3-4-12(7,15)9(10)17/h5-7H,1-4H2/t5?,6?,7?,10-,11-,12+/m0/s1. The summed E-state index contributed by atoms with van der Waals surface area (Å²) < 4.78 is -1.33. The first-order valence-electron chi connectivity index (χ1n) is 6.02. The first kappa shape index (κ1) is 11.6. The number of hydrogen-bond donors (Lipinski definition) is 0. The molecule has 92 valence electrons. The van der Waals surface area contributed by atoms with E-state index in [4.69, 9.17) is 0 Å². The first-order valence-corrected chi connectivity index (χ1v) is 8.39. The van der Waals surface area contributed by atoms with Crippen LogP contribution in [0, 0.1) is 17.8 Å². The third-order valence-electron chi connectivity index (χ3n) is 5.48. The molecule has 0 aromatic heterocycles. The van der Waals surface area contributed by atoms with Crippen LogP contribution < -0.4 is 0 Å². The molecule has 0 aromatic rings.